The number of phenolic OH excluding ortho intramolecular Hbond substituents is 1. The molecule has 4 heteroatoms. The first-order valence-electron chi connectivity index (χ1n) is 9.92. The molecule has 1 aliphatic heterocycles. The highest BCUT2D eigenvalue weighted by molar-refractivity contribution is 5.30. The summed E-state index contributed by atoms with van der Waals surface area (Å²) in [5, 5.41) is 30.7. The van der Waals surface area contributed by atoms with Crippen molar-refractivity contribution in [2.45, 2.75) is 37.3 Å². The van der Waals surface area contributed by atoms with Gasteiger partial charge in [-0.1, -0.05) is 42.5 Å². The molecule has 4 rings (SSSR count). The largest absolute Gasteiger partial charge is 0.508 e. The number of hydrogen-bond donors (Lipinski definition) is 3. The molecule has 1 saturated heterocycles. The molecule has 5 atom stereocenters. The fourth-order valence-corrected chi connectivity index (χ4v) is 5.22. The Balaban J connectivity index is 1.44. The number of nitrogens with zero attached hydrogens (tertiary/aromatic N) is 1. The number of fused-ring (bicyclic) bond motifs is 1. The van der Waals surface area contributed by atoms with Gasteiger partial charge in [0, 0.05) is 25.0 Å². The Bertz CT molecular complexity index is 747. The van der Waals surface area contributed by atoms with Gasteiger partial charge in [0.25, 0.3) is 0 Å². The summed E-state index contributed by atoms with van der Waals surface area (Å²) in [4.78, 5) is 2.47. The molecule has 3 N–H and O–H groups in total. The molecule has 0 amide bonds. The van der Waals surface area contributed by atoms with Crippen molar-refractivity contribution in [3.05, 3.63) is 65.7 Å². The lowest BCUT2D eigenvalue weighted by Crippen LogP contribution is -2.39. The predicted molar refractivity (Wildman–Crippen MR) is 106 cm³/mol. The minimum Gasteiger partial charge on any atom is -0.508 e. The van der Waals surface area contributed by atoms with Crippen LogP contribution in [0.2, 0.25) is 0 Å². The molecule has 1 heterocycles. The van der Waals surface area contributed by atoms with Gasteiger partial charge in [0.1, 0.15) is 5.75 Å². The van der Waals surface area contributed by atoms with Crippen molar-refractivity contribution < 1.29 is 15.3 Å². The minimum absolute atomic E-state index is 0.0254. The molecule has 0 spiro atoms. The van der Waals surface area contributed by atoms with Crippen LogP contribution < -0.4 is 0 Å². The minimum atomic E-state index is -0.695. The summed E-state index contributed by atoms with van der Waals surface area (Å²) in [6.07, 6.45) is 1.63. The standard InChI is InChI=1S/C23H29NO3/c1-16(22(15-25)17-7-9-21(26)10-8-17)24-13-18-11-23(27,12-19(18)14-24)20-5-3-2-4-6-20/h2-10,16,18-19,22,25-27H,11-15H2,1H3/t16?,18-,19+,22?,23?. The maximum Gasteiger partial charge on any atom is 0.115 e. The Morgan fingerprint density at radius 2 is 1.59 bits per heavy atom. The molecular formula is C23H29NO3. The van der Waals surface area contributed by atoms with Crippen LogP contribution in [0.3, 0.4) is 0 Å². The van der Waals surface area contributed by atoms with Crippen molar-refractivity contribution in [3.63, 3.8) is 0 Å². The monoisotopic (exact) mass is 367 g/mol. The molecule has 0 bridgehead atoms. The van der Waals surface area contributed by atoms with Crippen molar-refractivity contribution in [2.75, 3.05) is 19.7 Å². The van der Waals surface area contributed by atoms with E-state index >= 15 is 0 Å². The lowest BCUT2D eigenvalue weighted by atomic mass is 9.89. The maximum atomic E-state index is 11.2. The van der Waals surface area contributed by atoms with E-state index in [-0.39, 0.29) is 24.3 Å². The molecule has 4 nitrogen and oxygen atoms in total. The Morgan fingerprint density at radius 1 is 1.00 bits per heavy atom. The topological polar surface area (TPSA) is 63.9 Å². The highest BCUT2D eigenvalue weighted by Crippen LogP contribution is 2.49. The summed E-state index contributed by atoms with van der Waals surface area (Å²) >= 11 is 0. The van der Waals surface area contributed by atoms with Gasteiger partial charge in [0.05, 0.1) is 12.2 Å². The molecule has 0 radical (unpaired) electrons. The van der Waals surface area contributed by atoms with E-state index < -0.39 is 5.60 Å². The first kappa shape index (κ1) is 18.5. The molecule has 2 aliphatic rings. The van der Waals surface area contributed by atoms with Gasteiger partial charge in [-0.25, -0.2) is 0 Å². The van der Waals surface area contributed by atoms with Crippen molar-refractivity contribution in [1.29, 1.82) is 0 Å². The number of aromatic hydroxyl groups is 1. The summed E-state index contributed by atoms with van der Waals surface area (Å²) in [6.45, 7) is 4.20. The van der Waals surface area contributed by atoms with Gasteiger partial charge >= 0.3 is 0 Å². The number of phenols is 1. The first-order valence-corrected chi connectivity index (χ1v) is 9.92. The number of likely N-dealkylation sites (tertiary alicyclic amines) is 1. The van der Waals surface area contributed by atoms with Crippen LogP contribution in [0.4, 0.5) is 0 Å². The summed E-state index contributed by atoms with van der Waals surface area (Å²) in [5.74, 6) is 1.27. The van der Waals surface area contributed by atoms with Gasteiger partial charge in [0.15, 0.2) is 0 Å². The van der Waals surface area contributed by atoms with E-state index in [2.05, 4.69) is 11.8 Å². The Kier molecular flexibility index (Phi) is 4.97. The molecule has 2 aromatic rings. The first-order chi connectivity index (χ1) is 13.0. The summed E-state index contributed by atoms with van der Waals surface area (Å²) in [5.41, 5.74) is 1.40. The van der Waals surface area contributed by atoms with Crippen LogP contribution in [0.5, 0.6) is 5.75 Å². The third-order valence-corrected chi connectivity index (χ3v) is 6.79. The van der Waals surface area contributed by atoms with Crippen molar-refractivity contribution in [2.24, 2.45) is 11.8 Å². The van der Waals surface area contributed by atoms with E-state index in [1.807, 2.05) is 42.5 Å². The lowest BCUT2D eigenvalue weighted by molar-refractivity contribution is 0.0283. The molecule has 27 heavy (non-hydrogen) atoms. The van der Waals surface area contributed by atoms with Gasteiger partial charge < -0.3 is 15.3 Å². The molecule has 1 saturated carbocycles. The second-order valence-electron chi connectivity index (χ2n) is 8.40. The maximum absolute atomic E-state index is 11.2. The van der Waals surface area contributed by atoms with Crippen molar-refractivity contribution in [1.82, 2.24) is 4.90 Å². The second-order valence-corrected chi connectivity index (χ2v) is 8.40. The molecule has 1 aliphatic carbocycles. The molecule has 144 valence electrons. The van der Waals surface area contributed by atoms with E-state index in [9.17, 15) is 15.3 Å². The number of benzene rings is 2. The number of aliphatic hydroxyl groups is 2. The van der Waals surface area contributed by atoms with Crippen LogP contribution >= 0.6 is 0 Å². The van der Waals surface area contributed by atoms with E-state index in [1.165, 1.54) is 0 Å². The molecule has 0 aromatic heterocycles. The zero-order valence-electron chi connectivity index (χ0n) is 15.8. The molecule has 2 fully saturated rings. The van der Waals surface area contributed by atoms with E-state index in [0.29, 0.717) is 11.8 Å². The van der Waals surface area contributed by atoms with Crippen LogP contribution in [0.25, 0.3) is 0 Å². The lowest BCUT2D eigenvalue weighted by Gasteiger charge is -2.33. The smallest absolute Gasteiger partial charge is 0.115 e. The number of aliphatic hydroxyl groups excluding tert-OH is 1. The highest BCUT2D eigenvalue weighted by Gasteiger charge is 2.50. The third kappa shape index (κ3) is 3.49. The number of hydrogen-bond acceptors (Lipinski definition) is 4. The Hall–Kier alpha value is -1.88. The fourth-order valence-electron chi connectivity index (χ4n) is 5.22. The predicted octanol–water partition coefficient (Wildman–Crippen LogP) is 3.09. The van der Waals surface area contributed by atoms with E-state index in [0.717, 1.165) is 37.1 Å². The SMILES string of the molecule is CC(C(CO)c1ccc(O)cc1)N1C[C@@H]2CC(O)(c3ccccc3)C[C@@H]2C1. The van der Waals surface area contributed by atoms with Crippen LogP contribution in [-0.2, 0) is 5.60 Å². The Morgan fingerprint density at radius 3 is 2.15 bits per heavy atom. The average Bonchev–Trinajstić information content (AvgIpc) is 3.20. The van der Waals surface area contributed by atoms with Gasteiger partial charge in [-0.3, -0.25) is 4.90 Å². The van der Waals surface area contributed by atoms with Crippen molar-refractivity contribution >= 4 is 0 Å². The van der Waals surface area contributed by atoms with E-state index in [1.54, 1.807) is 12.1 Å². The van der Waals surface area contributed by atoms with Gasteiger partial charge in [-0.05, 0) is 54.9 Å². The zero-order chi connectivity index (χ0) is 19.0. The fraction of sp³-hybridized carbons (Fsp3) is 0.478. The quantitative estimate of drug-likeness (QED) is 0.760. The van der Waals surface area contributed by atoms with Gasteiger partial charge in [-0.2, -0.15) is 0 Å². The van der Waals surface area contributed by atoms with E-state index in [4.69, 9.17) is 0 Å². The summed E-state index contributed by atoms with van der Waals surface area (Å²) in [7, 11) is 0. The van der Waals surface area contributed by atoms with Crippen LogP contribution in [0.15, 0.2) is 54.6 Å². The van der Waals surface area contributed by atoms with Crippen LogP contribution in [0.1, 0.15) is 36.8 Å². The zero-order valence-corrected chi connectivity index (χ0v) is 15.8. The second kappa shape index (κ2) is 7.27. The molecule has 3 unspecified atom stereocenters. The normalized spacial score (nSPS) is 30.2. The molecular weight excluding hydrogens is 338 g/mol. The van der Waals surface area contributed by atoms with Crippen molar-refractivity contribution in [3.8, 4) is 5.75 Å². The summed E-state index contributed by atoms with van der Waals surface area (Å²) < 4.78 is 0. The van der Waals surface area contributed by atoms with Gasteiger partial charge in [0.2, 0.25) is 0 Å². The average molecular weight is 367 g/mol. The molecule has 2 aromatic carbocycles. The summed E-state index contributed by atoms with van der Waals surface area (Å²) in [6, 6.07) is 17.4. The highest BCUT2D eigenvalue weighted by atomic mass is 16.3. The van der Waals surface area contributed by atoms with Crippen LogP contribution in [-0.4, -0.2) is 46.0 Å². The van der Waals surface area contributed by atoms with Gasteiger partial charge in [-0.15, -0.1) is 0 Å². The Labute approximate surface area is 161 Å². The number of rotatable bonds is 5. The third-order valence-electron chi connectivity index (χ3n) is 6.79. The van der Waals surface area contributed by atoms with Crippen LogP contribution in [0, 0.1) is 11.8 Å².